The van der Waals surface area contributed by atoms with Crippen LogP contribution in [-0.2, 0) is 0 Å². The van der Waals surface area contributed by atoms with Gasteiger partial charge in [-0.2, -0.15) is 11.8 Å². The zero-order valence-electron chi connectivity index (χ0n) is 11.9. The number of hydrogen-bond acceptors (Lipinski definition) is 6. The summed E-state index contributed by atoms with van der Waals surface area (Å²) in [5, 5.41) is 9.83. The van der Waals surface area contributed by atoms with Crippen LogP contribution in [0.1, 0.15) is 13.3 Å². The standard InChI is InChI=1S/C14H22N4OS/c1-11-9-18(3-2-12(11)19)14-8-13(15-10-16-14)17-4-6-20-7-5-17/h8,10-12,19H,2-7,9H2,1H3/t11-,12+/m1/s1. The average Bonchev–Trinajstić information content (AvgIpc) is 2.51. The fraction of sp³-hybridized carbons (Fsp3) is 0.714. The summed E-state index contributed by atoms with van der Waals surface area (Å²) in [5.74, 6) is 4.67. The van der Waals surface area contributed by atoms with Crippen LogP contribution in [0.5, 0.6) is 0 Å². The number of aromatic nitrogens is 2. The largest absolute Gasteiger partial charge is 0.393 e. The molecule has 3 rings (SSSR count). The Morgan fingerprint density at radius 2 is 1.85 bits per heavy atom. The van der Waals surface area contributed by atoms with Crippen LogP contribution < -0.4 is 9.80 Å². The normalized spacial score (nSPS) is 27.7. The Balaban J connectivity index is 1.73. The molecular formula is C14H22N4OS. The summed E-state index contributed by atoms with van der Waals surface area (Å²) in [4.78, 5) is 13.4. The number of anilines is 2. The van der Waals surface area contributed by atoms with Crippen LogP contribution in [-0.4, -0.2) is 58.9 Å². The third-order valence-electron chi connectivity index (χ3n) is 4.16. The monoisotopic (exact) mass is 294 g/mol. The van der Waals surface area contributed by atoms with Crippen molar-refractivity contribution >= 4 is 23.4 Å². The van der Waals surface area contributed by atoms with Gasteiger partial charge in [0.1, 0.15) is 18.0 Å². The lowest BCUT2D eigenvalue weighted by Gasteiger charge is -2.35. The maximum Gasteiger partial charge on any atom is 0.134 e. The molecule has 1 N–H and O–H groups in total. The molecule has 2 fully saturated rings. The number of aliphatic hydroxyl groups excluding tert-OH is 1. The molecule has 6 heteroatoms. The fourth-order valence-corrected chi connectivity index (χ4v) is 3.72. The summed E-state index contributed by atoms with van der Waals surface area (Å²) in [6.45, 7) is 5.97. The van der Waals surface area contributed by atoms with Gasteiger partial charge in [-0.15, -0.1) is 0 Å². The molecule has 2 aliphatic rings. The summed E-state index contributed by atoms with van der Waals surface area (Å²) in [5.41, 5.74) is 0. The van der Waals surface area contributed by atoms with Crippen LogP contribution in [0.25, 0.3) is 0 Å². The van der Waals surface area contributed by atoms with Crippen molar-refractivity contribution in [2.24, 2.45) is 5.92 Å². The second kappa shape index (κ2) is 6.18. The molecule has 2 saturated heterocycles. The van der Waals surface area contributed by atoms with Crippen LogP contribution in [0.2, 0.25) is 0 Å². The fourth-order valence-electron chi connectivity index (χ4n) is 2.82. The second-order valence-corrected chi connectivity index (χ2v) is 6.84. The second-order valence-electron chi connectivity index (χ2n) is 5.61. The van der Waals surface area contributed by atoms with Crippen molar-refractivity contribution in [2.75, 3.05) is 47.5 Å². The van der Waals surface area contributed by atoms with Gasteiger partial charge in [-0.05, 0) is 12.3 Å². The quantitative estimate of drug-likeness (QED) is 0.885. The van der Waals surface area contributed by atoms with Gasteiger partial charge in [-0.25, -0.2) is 9.97 Å². The predicted molar refractivity (Wildman–Crippen MR) is 83.6 cm³/mol. The molecule has 2 aliphatic heterocycles. The number of rotatable bonds is 2. The van der Waals surface area contributed by atoms with Crippen LogP contribution in [0.15, 0.2) is 12.4 Å². The maximum absolute atomic E-state index is 9.83. The van der Waals surface area contributed by atoms with E-state index in [2.05, 4.69) is 32.8 Å². The lowest BCUT2D eigenvalue weighted by molar-refractivity contribution is 0.0969. The summed E-state index contributed by atoms with van der Waals surface area (Å²) in [7, 11) is 0. The van der Waals surface area contributed by atoms with Gasteiger partial charge in [0.25, 0.3) is 0 Å². The Morgan fingerprint density at radius 3 is 2.55 bits per heavy atom. The zero-order chi connectivity index (χ0) is 13.9. The highest BCUT2D eigenvalue weighted by Gasteiger charge is 2.25. The van der Waals surface area contributed by atoms with Crippen molar-refractivity contribution in [3.05, 3.63) is 12.4 Å². The third kappa shape index (κ3) is 3.01. The highest BCUT2D eigenvalue weighted by molar-refractivity contribution is 7.99. The van der Waals surface area contributed by atoms with Gasteiger partial charge in [-0.3, -0.25) is 0 Å². The summed E-state index contributed by atoms with van der Waals surface area (Å²) in [6.07, 6.45) is 2.31. The Bertz CT molecular complexity index is 453. The van der Waals surface area contributed by atoms with Gasteiger partial charge < -0.3 is 14.9 Å². The van der Waals surface area contributed by atoms with Gasteiger partial charge in [0.05, 0.1) is 6.10 Å². The zero-order valence-corrected chi connectivity index (χ0v) is 12.7. The molecule has 0 spiro atoms. The van der Waals surface area contributed by atoms with Crippen molar-refractivity contribution in [2.45, 2.75) is 19.4 Å². The van der Waals surface area contributed by atoms with Gasteiger partial charge in [0.2, 0.25) is 0 Å². The van der Waals surface area contributed by atoms with E-state index in [-0.39, 0.29) is 6.10 Å². The van der Waals surface area contributed by atoms with E-state index < -0.39 is 0 Å². The molecule has 1 aromatic heterocycles. The van der Waals surface area contributed by atoms with Crippen molar-refractivity contribution < 1.29 is 5.11 Å². The minimum absolute atomic E-state index is 0.174. The van der Waals surface area contributed by atoms with E-state index in [1.807, 2.05) is 11.8 Å². The summed E-state index contributed by atoms with van der Waals surface area (Å²) < 4.78 is 0. The van der Waals surface area contributed by atoms with E-state index in [1.54, 1.807) is 6.33 Å². The third-order valence-corrected chi connectivity index (χ3v) is 5.10. The molecule has 3 heterocycles. The Labute approximate surface area is 124 Å². The van der Waals surface area contributed by atoms with E-state index in [0.717, 1.165) is 44.2 Å². The minimum atomic E-state index is -0.174. The van der Waals surface area contributed by atoms with Crippen molar-refractivity contribution in [3.63, 3.8) is 0 Å². The topological polar surface area (TPSA) is 52.5 Å². The van der Waals surface area contributed by atoms with Crippen LogP contribution in [0.3, 0.4) is 0 Å². The highest BCUT2D eigenvalue weighted by atomic mass is 32.2. The molecule has 0 saturated carbocycles. The first-order valence-corrected chi connectivity index (χ1v) is 8.47. The van der Waals surface area contributed by atoms with E-state index >= 15 is 0 Å². The number of hydrogen-bond donors (Lipinski definition) is 1. The Kier molecular flexibility index (Phi) is 4.31. The van der Waals surface area contributed by atoms with Crippen LogP contribution in [0, 0.1) is 5.92 Å². The van der Waals surface area contributed by atoms with Gasteiger partial charge in [0.15, 0.2) is 0 Å². The summed E-state index contributed by atoms with van der Waals surface area (Å²) in [6, 6.07) is 2.10. The molecule has 0 radical (unpaired) electrons. The van der Waals surface area contributed by atoms with Crippen molar-refractivity contribution in [1.29, 1.82) is 0 Å². The SMILES string of the molecule is C[C@@H]1CN(c2cc(N3CCSCC3)ncn2)CC[C@@H]1O. The first kappa shape index (κ1) is 13.9. The van der Waals surface area contributed by atoms with Gasteiger partial charge in [0, 0.05) is 43.8 Å². The lowest BCUT2D eigenvalue weighted by atomic mass is 9.97. The van der Waals surface area contributed by atoms with E-state index in [9.17, 15) is 5.11 Å². The van der Waals surface area contributed by atoms with Crippen molar-refractivity contribution in [1.82, 2.24) is 9.97 Å². The number of nitrogens with zero attached hydrogens (tertiary/aromatic N) is 4. The molecule has 0 bridgehead atoms. The van der Waals surface area contributed by atoms with Gasteiger partial charge >= 0.3 is 0 Å². The van der Waals surface area contributed by atoms with Gasteiger partial charge in [-0.1, -0.05) is 6.92 Å². The van der Waals surface area contributed by atoms with E-state index in [0.29, 0.717) is 5.92 Å². The number of aliphatic hydroxyl groups is 1. The Morgan fingerprint density at radius 1 is 1.15 bits per heavy atom. The first-order chi connectivity index (χ1) is 9.74. The average molecular weight is 294 g/mol. The molecule has 110 valence electrons. The highest BCUT2D eigenvalue weighted by Crippen LogP contribution is 2.25. The number of piperidine rings is 1. The minimum Gasteiger partial charge on any atom is -0.393 e. The van der Waals surface area contributed by atoms with Crippen LogP contribution >= 0.6 is 11.8 Å². The summed E-state index contributed by atoms with van der Waals surface area (Å²) >= 11 is 2.00. The molecule has 0 aromatic carbocycles. The predicted octanol–water partition coefficient (Wildman–Crippen LogP) is 1.24. The molecule has 0 unspecified atom stereocenters. The molecule has 0 aliphatic carbocycles. The molecule has 5 nitrogen and oxygen atoms in total. The van der Waals surface area contributed by atoms with Crippen molar-refractivity contribution in [3.8, 4) is 0 Å². The first-order valence-electron chi connectivity index (χ1n) is 7.32. The molecule has 2 atom stereocenters. The van der Waals surface area contributed by atoms with E-state index in [4.69, 9.17) is 0 Å². The smallest absolute Gasteiger partial charge is 0.134 e. The number of thioether (sulfide) groups is 1. The van der Waals surface area contributed by atoms with E-state index in [1.165, 1.54) is 11.5 Å². The maximum atomic E-state index is 9.83. The molecule has 20 heavy (non-hydrogen) atoms. The molecule has 1 aromatic rings. The lowest BCUT2D eigenvalue weighted by Crippen LogP contribution is -2.42. The Hall–Kier alpha value is -1.01. The van der Waals surface area contributed by atoms with Crippen LogP contribution in [0.4, 0.5) is 11.6 Å². The molecule has 0 amide bonds. The molecular weight excluding hydrogens is 272 g/mol.